The lowest BCUT2D eigenvalue weighted by Crippen LogP contribution is -2.53. The summed E-state index contributed by atoms with van der Waals surface area (Å²) in [5.74, 6) is -0.179. The summed E-state index contributed by atoms with van der Waals surface area (Å²) in [7, 11) is 2.07. The molecule has 1 atom stereocenters. The molecular weight excluding hydrogens is 271 g/mol. The maximum Gasteiger partial charge on any atom is 0.257 e. The minimum absolute atomic E-state index is 0.149. The van der Waals surface area contributed by atoms with Crippen molar-refractivity contribution in [2.75, 3.05) is 38.5 Å². The van der Waals surface area contributed by atoms with Crippen LogP contribution in [0.4, 0.5) is 10.2 Å². The number of halogens is 1. The van der Waals surface area contributed by atoms with E-state index in [9.17, 15) is 9.18 Å². The highest BCUT2D eigenvalue weighted by Crippen LogP contribution is 2.19. The minimum Gasteiger partial charge on any atom is -0.370 e. The first-order valence-electron chi connectivity index (χ1n) is 7.45. The highest BCUT2D eigenvalue weighted by molar-refractivity contribution is 5.98. The maximum absolute atomic E-state index is 13.5. The lowest BCUT2D eigenvalue weighted by Gasteiger charge is -2.39. The van der Waals surface area contributed by atoms with Crippen LogP contribution >= 0.6 is 0 Å². The van der Waals surface area contributed by atoms with Gasteiger partial charge in [0.2, 0.25) is 0 Å². The van der Waals surface area contributed by atoms with Gasteiger partial charge < -0.3 is 10.2 Å². The first-order chi connectivity index (χ1) is 10.1. The molecular formula is C15H23FN4O. The van der Waals surface area contributed by atoms with Gasteiger partial charge in [0.15, 0.2) is 0 Å². The third-order valence-electron chi connectivity index (χ3n) is 3.96. The second-order valence-corrected chi connectivity index (χ2v) is 5.37. The zero-order chi connectivity index (χ0) is 15.4. The summed E-state index contributed by atoms with van der Waals surface area (Å²) in [4.78, 5) is 20.7. The fourth-order valence-electron chi connectivity index (χ4n) is 2.65. The quantitative estimate of drug-likeness (QED) is 0.920. The summed E-state index contributed by atoms with van der Waals surface area (Å²) in [5.41, 5.74) is 0.316. The maximum atomic E-state index is 13.5. The Hall–Kier alpha value is -1.69. The van der Waals surface area contributed by atoms with Crippen LogP contribution in [0.2, 0.25) is 0 Å². The van der Waals surface area contributed by atoms with Crippen molar-refractivity contribution in [2.24, 2.45) is 0 Å². The van der Waals surface area contributed by atoms with Gasteiger partial charge in [-0.15, -0.1) is 0 Å². The Morgan fingerprint density at radius 2 is 2.24 bits per heavy atom. The molecule has 21 heavy (non-hydrogen) atoms. The van der Waals surface area contributed by atoms with Gasteiger partial charge in [0.1, 0.15) is 11.6 Å². The third kappa shape index (κ3) is 3.50. The number of hydrogen-bond acceptors (Lipinski definition) is 4. The number of amides is 1. The highest BCUT2D eigenvalue weighted by Gasteiger charge is 2.28. The number of rotatable bonds is 4. The van der Waals surface area contributed by atoms with E-state index in [2.05, 4.69) is 29.2 Å². The molecule has 0 aliphatic carbocycles. The number of pyridine rings is 1. The molecule has 116 valence electrons. The van der Waals surface area contributed by atoms with E-state index < -0.39 is 5.82 Å². The molecule has 0 radical (unpaired) electrons. The van der Waals surface area contributed by atoms with E-state index in [1.54, 1.807) is 4.90 Å². The molecule has 1 aromatic heterocycles. The number of hydrogen-bond donors (Lipinski definition) is 1. The lowest BCUT2D eigenvalue weighted by molar-refractivity contribution is 0.0542. The largest absolute Gasteiger partial charge is 0.370 e. The van der Waals surface area contributed by atoms with Gasteiger partial charge in [0.25, 0.3) is 5.91 Å². The summed E-state index contributed by atoms with van der Waals surface area (Å²) >= 11 is 0. The number of carbonyl (C=O) groups is 1. The molecule has 0 bridgehead atoms. The van der Waals surface area contributed by atoms with Crippen LogP contribution in [0, 0.1) is 5.82 Å². The van der Waals surface area contributed by atoms with Gasteiger partial charge in [-0.25, -0.2) is 9.37 Å². The summed E-state index contributed by atoms with van der Waals surface area (Å²) in [5, 5.41) is 3.02. The molecule has 2 rings (SSSR count). The van der Waals surface area contributed by atoms with Crippen molar-refractivity contribution in [3.05, 3.63) is 23.6 Å². The first-order valence-corrected chi connectivity index (χ1v) is 7.45. The molecule has 1 unspecified atom stereocenters. The van der Waals surface area contributed by atoms with Gasteiger partial charge in [-0.3, -0.25) is 9.69 Å². The number of nitrogens with one attached hydrogen (secondary N) is 1. The van der Waals surface area contributed by atoms with Crippen LogP contribution in [0.1, 0.15) is 30.6 Å². The van der Waals surface area contributed by atoms with Gasteiger partial charge in [0.05, 0.1) is 11.8 Å². The van der Waals surface area contributed by atoms with E-state index >= 15 is 0 Å². The number of aromatic nitrogens is 1. The topological polar surface area (TPSA) is 48.5 Å². The van der Waals surface area contributed by atoms with Crippen LogP contribution in [0.5, 0.6) is 0 Å². The average molecular weight is 294 g/mol. The number of likely N-dealkylation sites (N-methyl/N-ethyl adjacent to an activating group) is 1. The Labute approximate surface area is 125 Å². The van der Waals surface area contributed by atoms with Crippen molar-refractivity contribution in [1.82, 2.24) is 14.8 Å². The fourth-order valence-corrected chi connectivity index (χ4v) is 2.65. The van der Waals surface area contributed by atoms with Crippen molar-refractivity contribution in [2.45, 2.75) is 26.3 Å². The van der Waals surface area contributed by atoms with Gasteiger partial charge in [-0.05, 0) is 26.5 Å². The second kappa shape index (κ2) is 6.85. The number of nitrogens with zero attached hydrogens (tertiary/aromatic N) is 3. The molecule has 6 heteroatoms. The van der Waals surface area contributed by atoms with E-state index in [1.165, 1.54) is 6.07 Å². The summed E-state index contributed by atoms with van der Waals surface area (Å²) in [6.07, 6.45) is 2.12. The van der Waals surface area contributed by atoms with Crippen LogP contribution < -0.4 is 5.32 Å². The zero-order valence-corrected chi connectivity index (χ0v) is 12.9. The van der Waals surface area contributed by atoms with Crippen molar-refractivity contribution < 1.29 is 9.18 Å². The standard InChI is InChI=1S/C15H23FN4O/c1-4-12-10-20(7-6-19(12)3)15(21)13-8-11(16)9-18-14(13)17-5-2/h8-9,12H,4-7,10H2,1-3H3,(H,17,18). The van der Waals surface area contributed by atoms with Crippen LogP contribution in [0.3, 0.4) is 0 Å². The Bertz CT molecular complexity index is 508. The number of piperazine rings is 1. The Morgan fingerprint density at radius 3 is 2.90 bits per heavy atom. The second-order valence-electron chi connectivity index (χ2n) is 5.37. The number of carbonyl (C=O) groups excluding carboxylic acids is 1. The molecule has 0 spiro atoms. The normalized spacial score (nSPS) is 19.6. The lowest BCUT2D eigenvalue weighted by atomic mass is 10.1. The van der Waals surface area contributed by atoms with E-state index in [1.807, 2.05) is 6.92 Å². The molecule has 1 aromatic rings. The van der Waals surface area contributed by atoms with Crippen LogP contribution in [-0.4, -0.2) is 60.0 Å². The van der Waals surface area contributed by atoms with Crippen molar-refractivity contribution in [3.63, 3.8) is 0 Å². The molecule has 0 saturated carbocycles. The van der Waals surface area contributed by atoms with E-state index in [-0.39, 0.29) is 5.91 Å². The van der Waals surface area contributed by atoms with Gasteiger partial charge >= 0.3 is 0 Å². The monoisotopic (exact) mass is 294 g/mol. The molecule has 1 amide bonds. The molecule has 1 aliphatic heterocycles. The first kappa shape index (κ1) is 15.7. The average Bonchev–Trinajstić information content (AvgIpc) is 2.49. The summed E-state index contributed by atoms with van der Waals surface area (Å²) in [6, 6.07) is 1.62. The molecule has 1 saturated heterocycles. The Morgan fingerprint density at radius 1 is 1.48 bits per heavy atom. The van der Waals surface area contributed by atoms with E-state index in [4.69, 9.17) is 0 Å². The van der Waals surface area contributed by atoms with Crippen molar-refractivity contribution >= 4 is 11.7 Å². The summed E-state index contributed by atoms with van der Waals surface area (Å²) < 4.78 is 13.5. The molecule has 1 fully saturated rings. The van der Waals surface area contributed by atoms with Gasteiger partial charge in [-0.2, -0.15) is 0 Å². The molecule has 0 aromatic carbocycles. The van der Waals surface area contributed by atoms with Crippen molar-refractivity contribution in [3.8, 4) is 0 Å². The van der Waals surface area contributed by atoms with Gasteiger partial charge in [0, 0.05) is 32.2 Å². The number of anilines is 1. The molecule has 1 N–H and O–H groups in total. The predicted molar refractivity (Wildman–Crippen MR) is 81.0 cm³/mol. The smallest absolute Gasteiger partial charge is 0.257 e. The van der Waals surface area contributed by atoms with Crippen molar-refractivity contribution in [1.29, 1.82) is 0 Å². The minimum atomic E-state index is -0.485. The Balaban J connectivity index is 2.21. The third-order valence-corrected chi connectivity index (χ3v) is 3.96. The molecule has 5 nitrogen and oxygen atoms in total. The Kier molecular flexibility index (Phi) is 5.12. The van der Waals surface area contributed by atoms with E-state index in [0.717, 1.165) is 19.2 Å². The van der Waals surface area contributed by atoms with Crippen LogP contribution in [-0.2, 0) is 0 Å². The van der Waals surface area contributed by atoms with Crippen LogP contribution in [0.15, 0.2) is 12.3 Å². The van der Waals surface area contributed by atoms with E-state index in [0.29, 0.717) is 37.1 Å². The predicted octanol–water partition coefficient (Wildman–Crippen LogP) is 1.82. The SMILES string of the molecule is CCNc1ncc(F)cc1C(=O)N1CCN(C)C(CC)C1. The van der Waals surface area contributed by atoms with Crippen LogP contribution in [0.25, 0.3) is 0 Å². The fraction of sp³-hybridized carbons (Fsp3) is 0.600. The van der Waals surface area contributed by atoms with Gasteiger partial charge in [-0.1, -0.05) is 6.92 Å². The zero-order valence-electron chi connectivity index (χ0n) is 12.9. The highest BCUT2D eigenvalue weighted by atomic mass is 19.1. The molecule has 2 heterocycles. The molecule has 1 aliphatic rings. The summed E-state index contributed by atoms with van der Waals surface area (Å²) in [6.45, 7) is 6.84.